The van der Waals surface area contributed by atoms with Gasteiger partial charge in [-0.25, -0.2) is 4.98 Å². The van der Waals surface area contributed by atoms with Crippen molar-refractivity contribution in [3.8, 4) is 5.75 Å². The van der Waals surface area contributed by atoms with Gasteiger partial charge >= 0.3 is 0 Å². The van der Waals surface area contributed by atoms with Crippen LogP contribution in [0.3, 0.4) is 0 Å². The van der Waals surface area contributed by atoms with Gasteiger partial charge < -0.3 is 9.72 Å². The van der Waals surface area contributed by atoms with Gasteiger partial charge in [-0.2, -0.15) is 0 Å². The Morgan fingerprint density at radius 1 is 1.31 bits per heavy atom. The smallest absolute Gasteiger partial charge is 0.156 e. The van der Waals surface area contributed by atoms with Crippen LogP contribution >= 0.6 is 0 Å². The van der Waals surface area contributed by atoms with Crippen molar-refractivity contribution in [2.75, 3.05) is 0 Å². The molecular weight excluding hydrogens is 200 g/mol. The lowest BCUT2D eigenvalue weighted by Crippen LogP contribution is -2.09. The van der Waals surface area contributed by atoms with E-state index in [1.54, 1.807) is 6.20 Å². The monoisotopic (exact) mass is 216 g/mol. The lowest BCUT2D eigenvalue weighted by atomic mass is 10.2. The van der Waals surface area contributed by atoms with Gasteiger partial charge in [-0.3, -0.25) is 0 Å². The molecule has 0 fully saturated rings. The van der Waals surface area contributed by atoms with E-state index in [1.165, 1.54) is 0 Å². The fourth-order valence-corrected chi connectivity index (χ4v) is 1.63. The van der Waals surface area contributed by atoms with Crippen molar-refractivity contribution >= 4 is 0 Å². The van der Waals surface area contributed by atoms with E-state index in [2.05, 4.69) is 16.9 Å². The molecular formula is C13H16N2O. The number of aromatic nitrogens is 2. The van der Waals surface area contributed by atoms with Gasteiger partial charge in [0.2, 0.25) is 0 Å². The summed E-state index contributed by atoms with van der Waals surface area (Å²) in [6.45, 7) is 2.14. The van der Waals surface area contributed by atoms with Crippen LogP contribution in [0.15, 0.2) is 42.7 Å². The number of imidazole rings is 1. The zero-order chi connectivity index (χ0) is 11.2. The first-order valence-electron chi connectivity index (χ1n) is 5.61. The van der Waals surface area contributed by atoms with Crippen LogP contribution in [0.2, 0.25) is 0 Å². The van der Waals surface area contributed by atoms with Crippen molar-refractivity contribution in [3.63, 3.8) is 0 Å². The van der Waals surface area contributed by atoms with Gasteiger partial charge in [0.05, 0.1) is 0 Å². The van der Waals surface area contributed by atoms with E-state index < -0.39 is 0 Å². The van der Waals surface area contributed by atoms with Crippen molar-refractivity contribution in [1.29, 1.82) is 0 Å². The van der Waals surface area contributed by atoms with Crippen LogP contribution < -0.4 is 4.74 Å². The number of ether oxygens (including phenoxy) is 1. The van der Waals surface area contributed by atoms with Crippen LogP contribution in [0, 0.1) is 0 Å². The number of H-pyrrole nitrogens is 1. The standard InChI is InChI=1S/C13H16N2O/c1-2-6-12(13-14-9-10-15-13)16-11-7-4-3-5-8-11/h3-5,7-10,12H,2,6H2,1H3,(H,14,15). The average Bonchev–Trinajstić information content (AvgIpc) is 2.83. The van der Waals surface area contributed by atoms with E-state index in [9.17, 15) is 0 Å². The molecule has 0 saturated heterocycles. The third-order valence-corrected chi connectivity index (χ3v) is 2.40. The molecule has 0 spiro atoms. The Kier molecular flexibility index (Phi) is 3.59. The molecule has 2 aromatic rings. The van der Waals surface area contributed by atoms with Gasteiger partial charge in [-0.05, 0) is 18.6 Å². The number of hydrogen-bond acceptors (Lipinski definition) is 2. The molecule has 0 aliphatic heterocycles. The zero-order valence-electron chi connectivity index (χ0n) is 9.39. The largest absolute Gasteiger partial charge is 0.483 e. The topological polar surface area (TPSA) is 37.9 Å². The van der Waals surface area contributed by atoms with Crippen LogP contribution in [0.5, 0.6) is 5.75 Å². The number of nitrogens with one attached hydrogen (secondary N) is 1. The number of nitrogens with zero attached hydrogens (tertiary/aromatic N) is 1. The normalized spacial score (nSPS) is 12.3. The molecule has 0 bridgehead atoms. The number of rotatable bonds is 5. The summed E-state index contributed by atoms with van der Waals surface area (Å²) in [5, 5.41) is 0. The second-order valence-electron chi connectivity index (χ2n) is 3.68. The van der Waals surface area contributed by atoms with Crippen LogP contribution in [-0.2, 0) is 0 Å². The van der Waals surface area contributed by atoms with Crippen molar-refractivity contribution in [2.24, 2.45) is 0 Å². The van der Waals surface area contributed by atoms with Crippen LogP contribution in [0.4, 0.5) is 0 Å². The van der Waals surface area contributed by atoms with E-state index in [0.717, 1.165) is 24.4 Å². The number of benzene rings is 1. The molecule has 0 amide bonds. The Balaban J connectivity index is 2.09. The third-order valence-electron chi connectivity index (χ3n) is 2.40. The highest BCUT2D eigenvalue weighted by atomic mass is 16.5. The summed E-state index contributed by atoms with van der Waals surface area (Å²) in [5.74, 6) is 1.78. The maximum atomic E-state index is 5.91. The fraction of sp³-hybridized carbons (Fsp3) is 0.308. The maximum Gasteiger partial charge on any atom is 0.156 e. The van der Waals surface area contributed by atoms with Gasteiger partial charge in [0, 0.05) is 12.4 Å². The number of hydrogen-bond donors (Lipinski definition) is 1. The fourth-order valence-electron chi connectivity index (χ4n) is 1.63. The maximum absolute atomic E-state index is 5.91. The van der Waals surface area contributed by atoms with Crippen LogP contribution in [0.25, 0.3) is 0 Å². The Morgan fingerprint density at radius 3 is 2.75 bits per heavy atom. The molecule has 0 aliphatic rings. The minimum absolute atomic E-state index is 0.0161. The van der Waals surface area contributed by atoms with Crippen molar-refractivity contribution in [2.45, 2.75) is 25.9 Å². The molecule has 0 aliphatic carbocycles. The second-order valence-corrected chi connectivity index (χ2v) is 3.68. The molecule has 1 aromatic carbocycles. The zero-order valence-corrected chi connectivity index (χ0v) is 9.39. The van der Waals surface area contributed by atoms with Gasteiger partial charge in [-0.15, -0.1) is 0 Å². The highest BCUT2D eigenvalue weighted by molar-refractivity contribution is 5.21. The Morgan fingerprint density at radius 2 is 2.12 bits per heavy atom. The Labute approximate surface area is 95.5 Å². The molecule has 3 heteroatoms. The summed E-state index contributed by atoms with van der Waals surface area (Å²) in [7, 11) is 0. The molecule has 16 heavy (non-hydrogen) atoms. The minimum atomic E-state index is 0.0161. The molecule has 1 unspecified atom stereocenters. The predicted molar refractivity (Wildman–Crippen MR) is 63.3 cm³/mol. The predicted octanol–water partition coefficient (Wildman–Crippen LogP) is 3.33. The van der Waals surface area contributed by atoms with Crippen molar-refractivity contribution < 1.29 is 4.74 Å². The average molecular weight is 216 g/mol. The summed E-state index contributed by atoms with van der Waals surface area (Å²) < 4.78 is 5.91. The second kappa shape index (κ2) is 5.35. The molecule has 1 N–H and O–H groups in total. The molecule has 0 saturated carbocycles. The first-order chi connectivity index (χ1) is 7.90. The van der Waals surface area contributed by atoms with Gasteiger partial charge in [0.15, 0.2) is 6.10 Å². The van der Waals surface area contributed by atoms with Crippen molar-refractivity contribution in [3.05, 3.63) is 48.5 Å². The van der Waals surface area contributed by atoms with Gasteiger partial charge in [0.25, 0.3) is 0 Å². The SMILES string of the molecule is CCCC(Oc1ccccc1)c1ncc[nH]1. The highest BCUT2D eigenvalue weighted by Crippen LogP contribution is 2.23. The van der Waals surface area contributed by atoms with Crippen molar-refractivity contribution in [1.82, 2.24) is 9.97 Å². The van der Waals surface area contributed by atoms with Crippen LogP contribution in [0.1, 0.15) is 31.7 Å². The minimum Gasteiger partial charge on any atom is -0.483 e. The highest BCUT2D eigenvalue weighted by Gasteiger charge is 2.14. The molecule has 0 radical (unpaired) electrons. The van der Waals surface area contributed by atoms with Crippen LogP contribution in [-0.4, -0.2) is 9.97 Å². The Bertz CT molecular complexity index is 397. The number of para-hydroxylation sites is 1. The van der Waals surface area contributed by atoms with Gasteiger partial charge in [-0.1, -0.05) is 31.5 Å². The van der Waals surface area contributed by atoms with E-state index in [4.69, 9.17) is 4.74 Å². The van der Waals surface area contributed by atoms with E-state index in [-0.39, 0.29) is 6.10 Å². The molecule has 2 rings (SSSR count). The van der Waals surface area contributed by atoms with E-state index in [0.29, 0.717) is 0 Å². The first-order valence-corrected chi connectivity index (χ1v) is 5.61. The Hall–Kier alpha value is -1.77. The molecule has 1 heterocycles. The summed E-state index contributed by atoms with van der Waals surface area (Å²) in [6, 6.07) is 9.85. The van der Waals surface area contributed by atoms with E-state index >= 15 is 0 Å². The lowest BCUT2D eigenvalue weighted by molar-refractivity contribution is 0.185. The number of aromatic amines is 1. The molecule has 84 valence electrons. The van der Waals surface area contributed by atoms with E-state index in [1.807, 2.05) is 36.5 Å². The third kappa shape index (κ3) is 2.63. The molecule has 1 aromatic heterocycles. The molecule has 3 nitrogen and oxygen atoms in total. The lowest BCUT2D eigenvalue weighted by Gasteiger charge is -2.16. The van der Waals surface area contributed by atoms with Gasteiger partial charge in [0.1, 0.15) is 11.6 Å². The summed E-state index contributed by atoms with van der Waals surface area (Å²) in [5.41, 5.74) is 0. The summed E-state index contributed by atoms with van der Waals surface area (Å²) in [4.78, 5) is 7.36. The quantitative estimate of drug-likeness (QED) is 0.832. The summed E-state index contributed by atoms with van der Waals surface area (Å²) in [6.07, 6.45) is 5.63. The molecule has 1 atom stereocenters. The first kappa shape index (κ1) is 10.7. The summed E-state index contributed by atoms with van der Waals surface area (Å²) >= 11 is 0.